The van der Waals surface area contributed by atoms with Crippen molar-refractivity contribution in [2.75, 3.05) is 19.7 Å². The van der Waals surface area contributed by atoms with Crippen molar-refractivity contribution in [3.63, 3.8) is 0 Å². The zero-order valence-electron chi connectivity index (χ0n) is 13.9. The molecule has 1 aromatic carbocycles. The van der Waals surface area contributed by atoms with Crippen LogP contribution < -0.4 is 4.74 Å². The number of rotatable bonds is 4. The van der Waals surface area contributed by atoms with Crippen molar-refractivity contribution >= 4 is 11.9 Å². The number of likely N-dealkylation sites (tertiary alicyclic amines) is 1. The highest BCUT2D eigenvalue weighted by atomic mass is 19.1. The third-order valence-electron chi connectivity index (χ3n) is 4.87. The Morgan fingerprint density at radius 3 is 2.56 bits per heavy atom. The van der Waals surface area contributed by atoms with Gasteiger partial charge in [0.25, 0.3) is 5.91 Å². The summed E-state index contributed by atoms with van der Waals surface area (Å²) < 4.78 is 24.9. The number of carbonyl (C=O) groups excluding carboxylic acids is 1. The summed E-state index contributed by atoms with van der Waals surface area (Å²) >= 11 is 0. The fraction of sp³-hybridized carbons (Fsp3) is 0.556. The van der Waals surface area contributed by atoms with Crippen molar-refractivity contribution in [3.05, 3.63) is 30.1 Å². The van der Waals surface area contributed by atoms with Crippen LogP contribution in [0.15, 0.2) is 24.3 Å². The number of carboxylic acids is 1. The fourth-order valence-electron chi connectivity index (χ4n) is 3.32. The first kappa shape index (κ1) is 17.7. The van der Waals surface area contributed by atoms with E-state index in [-0.39, 0.29) is 37.6 Å². The highest BCUT2D eigenvalue weighted by Gasteiger charge is 2.46. The number of hydrogen-bond donors (Lipinski definition) is 1. The van der Waals surface area contributed by atoms with Gasteiger partial charge < -0.3 is 19.5 Å². The summed E-state index contributed by atoms with van der Waals surface area (Å²) in [5.74, 6) is -1.92. The molecule has 2 heterocycles. The Morgan fingerprint density at radius 1 is 1.24 bits per heavy atom. The molecule has 1 N–H and O–H groups in total. The highest BCUT2D eigenvalue weighted by Crippen LogP contribution is 2.31. The Hall–Kier alpha value is -2.15. The Morgan fingerprint density at radius 2 is 1.96 bits per heavy atom. The summed E-state index contributed by atoms with van der Waals surface area (Å²) in [6, 6.07) is 5.74. The molecule has 0 spiro atoms. The lowest BCUT2D eigenvalue weighted by molar-refractivity contribution is -0.164. The maximum Gasteiger partial charge on any atom is 0.348 e. The molecule has 2 saturated heterocycles. The predicted octanol–water partition coefficient (Wildman–Crippen LogP) is 2.22. The van der Waals surface area contributed by atoms with Crippen molar-refractivity contribution in [2.45, 2.75) is 43.8 Å². The van der Waals surface area contributed by atoms with Gasteiger partial charge in [0.15, 0.2) is 11.6 Å². The van der Waals surface area contributed by atoms with E-state index in [9.17, 15) is 19.1 Å². The van der Waals surface area contributed by atoms with Gasteiger partial charge >= 0.3 is 5.97 Å². The van der Waals surface area contributed by atoms with Crippen LogP contribution in [-0.2, 0) is 14.3 Å². The van der Waals surface area contributed by atoms with Crippen LogP contribution in [0.25, 0.3) is 0 Å². The van der Waals surface area contributed by atoms with E-state index in [0.717, 1.165) is 12.8 Å². The molecule has 3 rings (SSSR count). The molecule has 1 atom stereocenters. The second-order valence-corrected chi connectivity index (χ2v) is 6.51. The summed E-state index contributed by atoms with van der Waals surface area (Å²) in [5.41, 5.74) is -1.52. The molecule has 136 valence electrons. The molecule has 0 radical (unpaired) electrons. The number of aliphatic carboxylic acids is 1. The van der Waals surface area contributed by atoms with E-state index >= 15 is 0 Å². The van der Waals surface area contributed by atoms with Gasteiger partial charge in [-0.3, -0.25) is 4.79 Å². The van der Waals surface area contributed by atoms with Crippen LogP contribution in [0, 0.1) is 5.82 Å². The SMILES string of the molecule is O=C([C@H]1CCCCO1)N1CCC(Oc2ccccc2F)(C(=O)O)CC1. The fourth-order valence-corrected chi connectivity index (χ4v) is 3.32. The zero-order chi connectivity index (χ0) is 17.9. The molecule has 0 bridgehead atoms. The minimum atomic E-state index is -1.52. The van der Waals surface area contributed by atoms with Gasteiger partial charge in [-0.2, -0.15) is 0 Å². The molecule has 1 aromatic rings. The van der Waals surface area contributed by atoms with Crippen LogP contribution in [0.5, 0.6) is 5.75 Å². The van der Waals surface area contributed by atoms with Gasteiger partial charge in [-0.05, 0) is 31.4 Å². The summed E-state index contributed by atoms with van der Waals surface area (Å²) in [5, 5.41) is 9.64. The van der Waals surface area contributed by atoms with Crippen LogP contribution in [-0.4, -0.2) is 53.3 Å². The van der Waals surface area contributed by atoms with Gasteiger partial charge in [-0.15, -0.1) is 0 Å². The average Bonchev–Trinajstić information content (AvgIpc) is 2.64. The van der Waals surface area contributed by atoms with Crippen LogP contribution in [0.1, 0.15) is 32.1 Å². The first-order chi connectivity index (χ1) is 12.0. The first-order valence-electron chi connectivity index (χ1n) is 8.59. The first-order valence-corrected chi connectivity index (χ1v) is 8.59. The number of halogens is 1. The third kappa shape index (κ3) is 3.76. The Labute approximate surface area is 145 Å². The number of carboxylic acid groups (broad SMARTS) is 1. The summed E-state index contributed by atoms with van der Waals surface area (Å²) in [6.45, 7) is 1.08. The molecule has 2 aliphatic rings. The quantitative estimate of drug-likeness (QED) is 0.900. The van der Waals surface area contributed by atoms with E-state index in [0.29, 0.717) is 13.0 Å². The number of hydrogen-bond acceptors (Lipinski definition) is 4. The maximum atomic E-state index is 13.8. The third-order valence-corrected chi connectivity index (χ3v) is 4.87. The van der Waals surface area contributed by atoms with Gasteiger partial charge in [-0.1, -0.05) is 12.1 Å². The van der Waals surface area contributed by atoms with Crippen LogP contribution in [0.4, 0.5) is 4.39 Å². The maximum absolute atomic E-state index is 13.8. The van der Waals surface area contributed by atoms with Gasteiger partial charge in [0.1, 0.15) is 6.10 Å². The monoisotopic (exact) mass is 351 g/mol. The molecule has 0 saturated carbocycles. The molecular weight excluding hydrogens is 329 g/mol. The summed E-state index contributed by atoms with van der Waals surface area (Å²) in [6.07, 6.45) is 2.40. The highest BCUT2D eigenvalue weighted by molar-refractivity contribution is 5.82. The second kappa shape index (κ2) is 7.39. The van der Waals surface area contributed by atoms with Crippen LogP contribution >= 0.6 is 0 Å². The smallest absolute Gasteiger partial charge is 0.348 e. The molecule has 0 aliphatic carbocycles. The number of para-hydroxylation sites is 1. The van der Waals surface area contributed by atoms with E-state index < -0.39 is 23.5 Å². The van der Waals surface area contributed by atoms with Crippen molar-refractivity contribution in [1.82, 2.24) is 4.90 Å². The van der Waals surface area contributed by atoms with E-state index in [4.69, 9.17) is 9.47 Å². The Kier molecular flexibility index (Phi) is 5.22. The molecule has 6 nitrogen and oxygen atoms in total. The number of piperidine rings is 1. The average molecular weight is 351 g/mol. The van der Waals surface area contributed by atoms with Gasteiger partial charge in [0, 0.05) is 32.5 Å². The number of nitrogens with zero attached hydrogens (tertiary/aromatic N) is 1. The lowest BCUT2D eigenvalue weighted by Gasteiger charge is -2.40. The van der Waals surface area contributed by atoms with E-state index in [1.807, 2.05) is 0 Å². The molecule has 0 aromatic heterocycles. The van der Waals surface area contributed by atoms with E-state index in [2.05, 4.69) is 0 Å². The standard InChI is InChI=1S/C18H22FNO5/c19-13-5-1-2-6-14(13)25-18(17(22)23)8-10-20(11-9-18)16(21)15-7-3-4-12-24-15/h1-2,5-6,15H,3-4,7-12H2,(H,22,23)/t15-/m1/s1. The Bertz CT molecular complexity index is 636. The second-order valence-electron chi connectivity index (χ2n) is 6.51. The minimum absolute atomic E-state index is 0.0831. The van der Waals surface area contributed by atoms with E-state index in [1.165, 1.54) is 18.2 Å². The summed E-state index contributed by atoms with van der Waals surface area (Å²) in [4.78, 5) is 25.9. The Balaban J connectivity index is 1.67. The zero-order valence-corrected chi connectivity index (χ0v) is 13.9. The molecule has 2 aliphatic heterocycles. The van der Waals surface area contributed by atoms with Crippen molar-refractivity contribution < 1.29 is 28.6 Å². The molecule has 2 fully saturated rings. The van der Waals surface area contributed by atoms with E-state index in [1.54, 1.807) is 11.0 Å². The minimum Gasteiger partial charge on any atom is -0.478 e. The van der Waals surface area contributed by atoms with Crippen molar-refractivity contribution in [1.29, 1.82) is 0 Å². The topological polar surface area (TPSA) is 76.1 Å². The van der Waals surface area contributed by atoms with Gasteiger partial charge in [0.2, 0.25) is 5.60 Å². The van der Waals surface area contributed by atoms with Gasteiger partial charge in [0.05, 0.1) is 0 Å². The molecule has 7 heteroatoms. The molecular formula is C18H22FNO5. The lowest BCUT2D eigenvalue weighted by atomic mass is 9.90. The van der Waals surface area contributed by atoms with Crippen LogP contribution in [0.2, 0.25) is 0 Å². The molecule has 0 unspecified atom stereocenters. The van der Waals surface area contributed by atoms with Crippen molar-refractivity contribution in [3.8, 4) is 5.75 Å². The largest absolute Gasteiger partial charge is 0.478 e. The lowest BCUT2D eigenvalue weighted by Crippen LogP contribution is -2.56. The van der Waals surface area contributed by atoms with Crippen molar-refractivity contribution in [2.24, 2.45) is 0 Å². The molecule has 25 heavy (non-hydrogen) atoms. The number of carbonyl (C=O) groups is 2. The number of ether oxygens (including phenoxy) is 2. The molecule has 1 amide bonds. The number of amides is 1. The van der Waals surface area contributed by atoms with Gasteiger partial charge in [-0.25, -0.2) is 9.18 Å². The van der Waals surface area contributed by atoms with Crippen LogP contribution in [0.3, 0.4) is 0 Å². The normalized spacial score (nSPS) is 23.1. The number of benzene rings is 1. The predicted molar refractivity (Wildman–Crippen MR) is 86.8 cm³/mol. The summed E-state index contributed by atoms with van der Waals surface area (Å²) in [7, 11) is 0.